The van der Waals surface area contributed by atoms with E-state index in [9.17, 15) is 18.8 Å². The quantitative estimate of drug-likeness (QED) is 0.588. The molecule has 1 aliphatic heterocycles. The number of nitrogen functional groups attached to an aromatic ring is 1. The lowest BCUT2D eigenvalue weighted by Gasteiger charge is -2.30. The van der Waals surface area contributed by atoms with E-state index < -0.39 is 23.5 Å². The first kappa shape index (κ1) is 14.8. The van der Waals surface area contributed by atoms with Crippen LogP contribution in [0.3, 0.4) is 0 Å². The van der Waals surface area contributed by atoms with Gasteiger partial charge >= 0.3 is 11.8 Å². The van der Waals surface area contributed by atoms with Gasteiger partial charge in [0.25, 0.3) is 0 Å². The first-order valence-electron chi connectivity index (χ1n) is 6.27. The molecule has 2 rings (SSSR count). The molecule has 1 aliphatic rings. The summed E-state index contributed by atoms with van der Waals surface area (Å²) in [5.74, 6) is -2.41. The molecule has 0 bridgehead atoms. The van der Waals surface area contributed by atoms with Crippen LogP contribution in [0.1, 0.15) is 0 Å². The SMILES string of the molecule is CN1CCN(CC(=O)Nc2ccc(F)c(N)c2)C(=O)C1=O. The van der Waals surface area contributed by atoms with Crippen LogP contribution >= 0.6 is 0 Å². The smallest absolute Gasteiger partial charge is 0.312 e. The number of anilines is 2. The second kappa shape index (κ2) is 5.78. The Bertz CT molecular complexity index is 605. The van der Waals surface area contributed by atoms with Gasteiger partial charge in [-0.05, 0) is 18.2 Å². The van der Waals surface area contributed by atoms with Gasteiger partial charge in [0.05, 0.1) is 5.69 Å². The van der Waals surface area contributed by atoms with Gasteiger partial charge in [0.15, 0.2) is 0 Å². The first-order valence-corrected chi connectivity index (χ1v) is 6.27. The van der Waals surface area contributed by atoms with E-state index in [2.05, 4.69) is 5.32 Å². The highest BCUT2D eigenvalue weighted by Gasteiger charge is 2.31. The molecule has 0 unspecified atom stereocenters. The largest absolute Gasteiger partial charge is 0.396 e. The predicted molar refractivity (Wildman–Crippen MR) is 73.7 cm³/mol. The van der Waals surface area contributed by atoms with Gasteiger partial charge in [-0.1, -0.05) is 0 Å². The van der Waals surface area contributed by atoms with Crippen LogP contribution in [0.2, 0.25) is 0 Å². The highest BCUT2D eigenvalue weighted by molar-refractivity contribution is 6.35. The number of benzene rings is 1. The minimum absolute atomic E-state index is 0.0846. The maximum atomic E-state index is 13.0. The van der Waals surface area contributed by atoms with Crippen molar-refractivity contribution in [1.82, 2.24) is 9.80 Å². The first-order chi connectivity index (χ1) is 9.88. The molecule has 1 aromatic rings. The van der Waals surface area contributed by atoms with Crippen molar-refractivity contribution in [3.63, 3.8) is 0 Å². The fraction of sp³-hybridized carbons (Fsp3) is 0.308. The van der Waals surface area contributed by atoms with Crippen molar-refractivity contribution in [1.29, 1.82) is 0 Å². The third kappa shape index (κ3) is 3.28. The Hall–Kier alpha value is -2.64. The fourth-order valence-corrected chi connectivity index (χ4v) is 1.92. The van der Waals surface area contributed by atoms with Crippen molar-refractivity contribution in [2.24, 2.45) is 0 Å². The van der Waals surface area contributed by atoms with E-state index in [4.69, 9.17) is 5.73 Å². The molecule has 0 aliphatic carbocycles. The Morgan fingerprint density at radius 2 is 2.05 bits per heavy atom. The number of nitrogens with one attached hydrogen (secondary N) is 1. The zero-order valence-corrected chi connectivity index (χ0v) is 11.4. The van der Waals surface area contributed by atoms with Crippen LogP contribution in [0, 0.1) is 5.82 Å². The number of likely N-dealkylation sites (N-methyl/N-ethyl adjacent to an activating group) is 1. The molecule has 0 spiro atoms. The molecular weight excluding hydrogens is 279 g/mol. The number of hydrogen-bond donors (Lipinski definition) is 2. The molecule has 3 amide bonds. The molecule has 0 atom stereocenters. The molecule has 0 radical (unpaired) electrons. The van der Waals surface area contributed by atoms with Gasteiger partial charge in [0, 0.05) is 25.8 Å². The second-order valence-electron chi connectivity index (χ2n) is 4.74. The topological polar surface area (TPSA) is 95.7 Å². The number of nitrogens with two attached hydrogens (primary N) is 1. The van der Waals surface area contributed by atoms with Gasteiger partial charge in [-0.2, -0.15) is 0 Å². The van der Waals surface area contributed by atoms with Gasteiger partial charge in [-0.3, -0.25) is 14.4 Å². The van der Waals surface area contributed by atoms with E-state index in [1.165, 1.54) is 29.0 Å². The number of carbonyl (C=O) groups excluding carboxylic acids is 3. The number of piperazine rings is 1. The second-order valence-corrected chi connectivity index (χ2v) is 4.74. The van der Waals surface area contributed by atoms with Crippen LogP contribution in [0.5, 0.6) is 0 Å². The van der Waals surface area contributed by atoms with Crippen molar-refractivity contribution >= 4 is 29.1 Å². The van der Waals surface area contributed by atoms with Crippen LogP contribution in [-0.4, -0.2) is 54.2 Å². The van der Waals surface area contributed by atoms with Gasteiger partial charge in [0.2, 0.25) is 5.91 Å². The van der Waals surface area contributed by atoms with E-state index in [1.54, 1.807) is 0 Å². The highest BCUT2D eigenvalue weighted by atomic mass is 19.1. The molecule has 1 saturated heterocycles. The number of halogens is 1. The normalized spacial score (nSPS) is 15.3. The summed E-state index contributed by atoms with van der Waals surface area (Å²) in [5, 5.41) is 2.50. The van der Waals surface area contributed by atoms with Gasteiger partial charge in [0.1, 0.15) is 12.4 Å². The standard InChI is InChI=1S/C13H15FN4O3/c1-17-4-5-18(13(21)12(17)20)7-11(19)16-8-2-3-9(14)10(15)6-8/h2-3,6H,4-5,7,15H2,1H3,(H,16,19). The number of hydrogen-bond acceptors (Lipinski definition) is 4. The van der Waals surface area contributed by atoms with Crippen LogP contribution in [0.4, 0.5) is 15.8 Å². The van der Waals surface area contributed by atoms with Crippen molar-refractivity contribution < 1.29 is 18.8 Å². The van der Waals surface area contributed by atoms with Gasteiger partial charge < -0.3 is 20.9 Å². The van der Waals surface area contributed by atoms with Crippen LogP contribution in [0.15, 0.2) is 18.2 Å². The average molecular weight is 294 g/mol. The minimum Gasteiger partial charge on any atom is -0.396 e. The van der Waals surface area contributed by atoms with Crippen molar-refractivity contribution in [2.75, 3.05) is 37.7 Å². The lowest BCUT2D eigenvalue weighted by atomic mass is 10.2. The summed E-state index contributed by atoms with van der Waals surface area (Å²) in [6.07, 6.45) is 0. The Morgan fingerprint density at radius 3 is 2.71 bits per heavy atom. The fourth-order valence-electron chi connectivity index (χ4n) is 1.92. The van der Waals surface area contributed by atoms with Crippen molar-refractivity contribution in [3.8, 4) is 0 Å². The van der Waals surface area contributed by atoms with Crippen LogP contribution < -0.4 is 11.1 Å². The summed E-state index contributed by atoms with van der Waals surface area (Å²) < 4.78 is 13.0. The number of amides is 3. The van der Waals surface area contributed by atoms with E-state index in [0.717, 1.165) is 6.07 Å². The third-order valence-corrected chi connectivity index (χ3v) is 3.14. The monoisotopic (exact) mass is 294 g/mol. The van der Waals surface area contributed by atoms with Gasteiger partial charge in [-0.15, -0.1) is 0 Å². The summed E-state index contributed by atoms with van der Waals surface area (Å²) in [4.78, 5) is 37.5. The molecule has 1 heterocycles. The third-order valence-electron chi connectivity index (χ3n) is 3.14. The summed E-state index contributed by atoms with van der Waals surface area (Å²) in [6, 6.07) is 3.78. The molecule has 0 saturated carbocycles. The van der Waals surface area contributed by atoms with E-state index >= 15 is 0 Å². The van der Waals surface area contributed by atoms with Gasteiger partial charge in [-0.25, -0.2) is 4.39 Å². The van der Waals surface area contributed by atoms with Crippen molar-refractivity contribution in [2.45, 2.75) is 0 Å². The molecule has 0 aromatic heterocycles. The predicted octanol–water partition coefficient (Wildman–Crippen LogP) is -0.353. The molecule has 3 N–H and O–H groups in total. The van der Waals surface area contributed by atoms with E-state index in [0.29, 0.717) is 18.8 Å². The number of rotatable bonds is 3. The molecule has 1 fully saturated rings. The number of nitrogens with zero attached hydrogens (tertiary/aromatic N) is 2. The minimum atomic E-state index is -0.711. The van der Waals surface area contributed by atoms with E-state index in [1.807, 2.05) is 0 Å². The Labute approximate surface area is 120 Å². The van der Waals surface area contributed by atoms with Crippen LogP contribution in [-0.2, 0) is 14.4 Å². The van der Waals surface area contributed by atoms with Crippen LogP contribution in [0.25, 0.3) is 0 Å². The maximum Gasteiger partial charge on any atom is 0.312 e. The average Bonchev–Trinajstić information content (AvgIpc) is 2.44. The Kier molecular flexibility index (Phi) is 4.06. The summed E-state index contributed by atoms with van der Waals surface area (Å²) in [7, 11) is 1.53. The zero-order valence-electron chi connectivity index (χ0n) is 11.4. The molecule has 112 valence electrons. The summed E-state index contributed by atoms with van der Waals surface area (Å²) in [6.45, 7) is 0.428. The molecular formula is C13H15FN4O3. The lowest BCUT2D eigenvalue weighted by molar-refractivity contribution is -0.155. The molecule has 7 nitrogen and oxygen atoms in total. The highest BCUT2D eigenvalue weighted by Crippen LogP contribution is 2.16. The summed E-state index contributed by atoms with van der Waals surface area (Å²) >= 11 is 0. The van der Waals surface area contributed by atoms with E-state index in [-0.39, 0.29) is 12.2 Å². The Balaban J connectivity index is 1.97. The molecule has 8 heteroatoms. The Morgan fingerprint density at radius 1 is 1.33 bits per heavy atom. The maximum absolute atomic E-state index is 13.0. The molecule has 1 aromatic carbocycles. The zero-order chi connectivity index (χ0) is 15.6. The number of carbonyl (C=O) groups is 3. The lowest BCUT2D eigenvalue weighted by Crippen LogP contribution is -2.54. The summed E-state index contributed by atoms with van der Waals surface area (Å²) in [5.41, 5.74) is 5.64. The molecule has 21 heavy (non-hydrogen) atoms. The van der Waals surface area contributed by atoms with Crippen molar-refractivity contribution in [3.05, 3.63) is 24.0 Å².